The topological polar surface area (TPSA) is 44.6 Å². The Morgan fingerprint density at radius 3 is 2.38 bits per heavy atom. The Hall–Kier alpha value is -0.670. The maximum absolute atomic E-state index is 10.1. The summed E-state index contributed by atoms with van der Waals surface area (Å²) in [7, 11) is 1.40. The van der Waals surface area contributed by atoms with E-state index >= 15 is 0 Å². The second-order valence-corrected chi connectivity index (χ2v) is 1.55. The van der Waals surface area contributed by atoms with Crippen molar-refractivity contribution in [2.75, 3.05) is 7.05 Å². The summed E-state index contributed by atoms with van der Waals surface area (Å²) in [4.78, 5) is 10.1. The van der Waals surface area contributed by atoms with E-state index in [4.69, 9.17) is 0 Å². The molecule has 0 rings (SSSR count). The molecule has 0 amide bonds. The van der Waals surface area contributed by atoms with Crippen LogP contribution in [0.5, 0.6) is 0 Å². The zero-order chi connectivity index (χ0) is 6.57. The van der Waals surface area contributed by atoms with Gasteiger partial charge in [0.15, 0.2) is 5.78 Å². The molecule has 0 saturated carbocycles. The number of carbonyl (C=O) groups is 1. The molecule has 1 atom stereocenters. The maximum atomic E-state index is 10.1. The average molecular weight is 115 g/mol. The summed E-state index contributed by atoms with van der Waals surface area (Å²) in [5.74, 6) is -0.0970. The second-order valence-electron chi connectivity index (χ2n) is 1.55. The molecule has 0 aromatic carbocycles. The van der Waals surface area contributed by atoms with Crippen LogP contribution < -0.4 is 5.06 Å². The lowest BCUT2D eigenvalue weighted by atomic mass is 10.4. The van der Waals surface area contributed by atoms with E-state index in [-0.39, 0.29) is 10.8 Å². The van der Waals surface area contributed by atoms with Gasteiger partial charge in [0.1, 0.15) is 0 Å². The summed E-state index contributed by atoms with van der Waals surface area (Å²) in [6.45, 7) is 1.40. The Balaban J connectivity index is 3.50. The molecule has 0 aromatic heterocycles. The van der Waals surface area contributed by atoms with Crippen LogP contribution in [0.3, 0.4) is 0 Å². The number of carbonyl (C=O) groups excluding carboxylic acids is 1. The molecule has 0 fully saturated rings. The maximum Gasteiger partial charge on any atom is 0.157 e. The van der Waals surface area contributed by atoms with Crippen LogP contribution in [0.2, 0.25) is 0 Å². The van der Waals surface area contributed by atoms with Crippen LogP contribution >= 0.6 is 0 Å². The fourth-order valence-electron chi connectivity index (χ4n) is 0.235. The number of hydrogen-bond acceptors (Lipinski definition) is 2. The smallest absolute Gasteiger partial charge is 0.157 e. The first-order valence-corrected chi connectivity index (χ1v) is 2.32. The van der Waals surface area contributed by atoms with Gasteiger partial charge in [0, 0.05) is 6.08 Å². The lowest BCUT2D eigenvalue weighted by Crippen LogP contribution is -2.98. The lowest BCUT2D eigenvalue weighted by molar-refractivity contribution is -0.766. The zero-order valence-electron chi connectivity index (χ0n) is 4.97. The molecule has 0 aliphatic carbocycles. The van der Waals surface area contributed by atoms with Crippen LogP contribution in [0.15, 0.2) is 12.3 Å². The number of allylic oxidation sites excluding steroid dienone is 1. The Bertz CT molecular complexity index is 107. The van der Waals surface area contributed by atoms with Crippen LogP contribution in [0.25, 0.3) is 0 Å². The van der Waals surface area contributed by atoms with Crippen LogP contribution in [-0.2, 0) is 4.79 Å². The number of quaternary nitrogens is 1. The molecule has 0 bridgehead atoms. The molecule has 0 radical (unpaired) electrons. The van der Waals surface area contributed by atoms with Crippen LogP contribution in [0.4, 0.5) is 0 Å². The fourth-order valence-corrected chi connectivity index (χ4v) is 0.235. The van der Waals surface area contributed by atoms with Gasteiger partial charge in [-0.2, -0.15) is 0 Å². The first-order chi connectivity index (χ1) is 3.63. The van der Waals surface area contributed by atoms with E-state index in [0.717, 1.165) is 0 Å². The summed E-state index contributed by atoms with van der Waals surface area (Å²) >= 11 is 0. The highest BCUT2D eigenvalue weighted by atomic mass is 16.5. The van der Waals surface area contributed by atoms with E-state index in [2.05, 4.69) is 0 Å². The molecule has 0 aliphatic heterocycles. The third kappa shape index (κ3) is 5.33. The van der Waals surface area contributed by atoms with Gasteiger partial charge >= 0.3 is 0 Å². The molecule has 0 aliphatic rings. The normalized spacial score (nSPS) is 14.4. The minimum absolute atomic E-state index is 0.0970. The molecular formula is C5H9NO2. The molecular weight excluding hydrogens is 106 g/mol. The van der Waals surface area contributed by atoms with Crippen molar-refractivity contribution < 1.29 is 9.86 Å². The van der Waals surface area contributed by atoms with Crippen LogP contribution in [0, 0.1) is 5.21 Å². The molecule has 0 spiro atoms. The summed E-state index contributed by atoms with van der Waals surface area (Å²) in [6.07, 6.45) is 2.50. The summed E-state index contributed by atoms with van der Waals surface area (Å²) in [5.41, 5.74) is 0. The van der Waals surface area contributed by atoms with Crippen LogP contribution in [0.1, 0.15) is 6.92 Å². The monoisotopic (exact) mass is 115 g/mol. The van der Waals surface area contributed by atoms with Gasteiger partial charge in [0.2, 0.25) is 0 Å². The van der Waals surface area contributed by atoms with Gasteiger partial charge in [-0.05, 0) is 6.92 Å². The van der Waals surface area contributed by atoms with E-state index in [1.807, 2.05) is 0 Å². The minimum Gasteiger partial charge on any atom is -0.629 e. The Labute approximate surface area is 48.2 Å². The molecule has 0 aromatic rings. The van der Waals surface area contributed by atoms with Gasteiger partial charge in [-0.3, -0.25) is 4.79 Å². The van der Waals surface area contributed by atoms with Crippen molar-refractivity contribution >= 4 is 5.78 Å². The summed E-state index contributed by atoms with van der Waals surface area (Å²) < 4.78 is 0. The van der Waals surface area contributed by atoms with Gasteiger partial charge in [-0.15, -0.1) is 0 Å². The highest BCUT2D eigenvalue weighted by Gasteiger charge is 1.81. The summed E-state index contributed by atoms with van der Waals surface area (Å²) in [6, 6.07) is 0. The van der Waals surface area contributed by atoms with Gasteiger partial charge in [0.05, 0.1) is 13.2 Å². The van der Waals surface area contributed by atoms with E-state index in [1.54, 1.807) is 0 Å². The molecule has 3 heteroatoms. The molecule has 0 heterocycles. The van der Waals surface area contributed by atoms with Crippen molar-refractivity contribution in [1.29, 1.82) is 0 Å². The largest absolute Gasteiger partial charge is 0.629 e. The van der Waals surface area contributed by atoms with Crippen molar-refractivity contribution in [3.63, 3.8) is 0 Å². The quantitative estimate of drug-likeness (QED) is 0.374. The van der Waals surface area contributed by atoms with E-state index in [9.17, 15) is 10.0 Å². The lowest BCUT2D eigenvalue weighted by Gasteiger charge is -2.07. The van der Waals surface area contributed by atoms with Crippen molar-refractivity contribution in [1.82, 2.24) is 0 Å². The number of hydroxylamine groups is 2. The van der Waals surface area contributed by atoms with Gasteiger partial charge in [-0.1, -0.05) is 0 Å². The predicted molar refractivity (Wildman–Crippen MR) is 30.1 cm³/mol. The molecule has 46 valence electrons. The van der Waals surface area contributed by atoms with E-state index in [1.165, 1.54) is 26.2 Å². The molecule has 8 heavy (non-hydrogen) atoms. The number of hydrogen-bond donors (Lipinski definition) is 1. The molecule has 0 saturated heterocycles. The van der Waals surface area contributed by atoms with Crippen molar-refractivity contribution in [3.8, 4) is 0 Å². The number of rotatable bonds is 2. The first-order valence-electron chi connectivity index (χ1n) is 2.32. The van der Waals surface area contributed by atoms with Gasteiger partial charge < -0.3 is 10.3 Å². The second kappa shape index (κ2) is 3.35. The highest BCUT2D eigenvalue weighted by molar-refractivity contribution is 5.86. The van der Waals surface area contributed by atoms with Crippen molar-refractivity contribution in [3.05, 3.63) is 17.5 Å². The van der Waals surface area contributed by atoms with Gasteiger partial charge in [-0.25, -0.2) is 0 Å². The molecule has 3 nitrogen and oxygen atoms in total. The first kappa shape index (κ1) is 7.33. The van der Waals surface area contributed by atoms with E-state index in [0.29, 0.717) is 0 Å². The Morgan fingerprint density at radius 1 is 1.75 bits per heavy atom. The van der Waals surface area contributed by atoms with Gasteiger partial charge in [0.25, 0.3) is 0 Å². The Morgan fingerprint density at radius 2 is 2.25 bits per heavy atom. The third-order valence-corrected chi connectivity index (χ3v) is 0.553. The summed E-state index contributed by atoms with van der Waals surface area (Å²) in [5, 5.41) is 10.0. The fraction of sp³-hybridized carbons (Fsp3) is 0.400. The third-order valence-electron chi connectivity index (χ3n) is 0.553. The average Bonchev–Trinajstić information content (AvgIpc) is 1.61. The zero-order valence-corrected chi connectivity index (χ0v) is 4.97. The standard InChI is InChI=1S/C5H9NO2/c1-5(7)3-4-6(2)8/h3-4,6H,1-2H3/b4-3+. The Kier molecular flexibility index (Phi) is 3.07. The number of ketones is 1. The molecule has 1 unspecified atom stereocenters. The van der Waals surface area contributed by atoms with Crippen molar-refractivity contribution in [2.24, 2.45) is 0 Å². The van der Waals surface area contributed by atoms with Crippen LogP contribution in [-0.4, -0.2) is 12.8 Å². The number of nitrogens with one attached hydrogen (secondary N) is 1. The SMILES string of the molecule is CC(=O)/C=C/[NH+](C)[O-]. The molecule has 1 N–H and O–H groups in total. The van der Waals surface area contributed by atoms with E-state index < -0.39 is 0 Å². The minimum atomic E-state index is -0.0970. The predicted octanol–water partition coefficient (Wildman–Crippen LogP) is -0.898. The highest BCUT2D eigenvalue weighted by Crippen LogP contribution is 1.65. The van der Waals surface area contributed by atoms with Crippen molar-refractivity contribution in [2.45, 2.75) is 6.92 Å².